The van der Waals surface area contributed by atoms with E-state index in [0.29, 0.717) is 0 Å². The summed E-state index contributed by atoms with van der Waals surface area (Å²) in [5, 5.41) is 7.41. The second-order valence-electron chi connectivity index (χ2n) is 3.58. The van der Waals surface area contributed by atoms with Crippen molar-refractivity contribution in [1.82, 2.24) is 14.6 Å². The van der Waals surface area contributed by atoms with Gasteiger partial charge in [0, 0.05) is 25.5 Å². The largest absolute Gasteiger partial charge is 0.377 e. The first-order valence-corrected chi connectivity index (χ1v) is 5.45. The molecule has 0 aliphatic carbocycles. The molecular formula is C11H16N4O. The highest BCUT2D eigenvalue weighted by Crippen LogP contribution is 2.12. The fraction of sp³-hybridized carbons (Fsp3) is 0.455. The molecule has 2 aromatic rings. The highest BCUT2D eigenvalue weighted by atomic mass is 16.5. The van der Waals surface area contributed by atoms with Gasteiger partial charge in [-0.2, -0.15) is 5.10 Å². The summed E-state index contributed by atoms with van der Waals surface area (Å²) in [6.45, 7) is 5.50. The maximum absolute atomic E-state index is 5.44. The third-order valence-corrected chi connectivity index (χ3v) is 2.33. The Morgan fingerprint density at radius 3 is 3.19 bits per heavy atom. The van der Waals surface area contributed by atoms with Gasteiger partial charge in [-0.1, -0.05) is 0 Å². The Bertz CT molecular complexity index is 454. The van der Waals surface area contributed by atoms with Crippen molar-refractivity contribution in [2.45, 2.75) is 20.0 Å². The maximum atomic E-state index is 5.44. The van der Waals surface area contributed by atoms with Gasteiger partial charge in [0.15, 0.2) is 5.82 Å². The van der Waals surface area contributed by atoms with Crippen LogP contribution in [0.5, 0.6) is 0 Å². The van der Waals surface area contributed by atoms with Crippen LogP contribution in [0.15, 0.2) is 24.7 Å². The van der Waals surface area contributed by atoms with E-state index in [1.165, 1.54) is 0 Å². The van der Waals surface area contributed by atoms with Crippen molar-refractivity contribution in [2.75, 3.05) is 18.5 Å². The van der Waals surface area contributed by atoms with E-state index in [2.05, 4.69) is 15.4 Å². The normalized spacial score (nSPS) is 12.9. The molecule has 2 heterocycles. The van der Waals surface area contributed by atoms with Crippen molar-refractivity contribution < 1.29 is 4.74 Å². The van der Waals surface area contributed by atoms with Gasteiger partial charge in [-0.15, -0.1) is 0 Å². The van der Waals surface area contributed by atoms with Crippen LogP contribution in [0.3, 0.4) is 0 Å². The number of ether oxygens (including phenoxy) is 1. The molecule has 0 aliphatic rings. The molecule has 2 rings (SSSR count). The first-order valence-electron chi connectivity index (χ1n) is 5.45. The van der Waals surface area contributed by atoms with Gasteiger partial charge in [-0.05, 0) is 19.9 Å². The number of hydrogen-bond donors (Lipinski definition) is 1. The van der Waals surface area contributed by atoms with Gasteiger partial charge in [0.05, 0.1) is 12.3 Å². The van der Waals surface area contributed by atoms with E-state index in [4.69, 9.17) is 4.74 Å². The smallest absolute Gasteiger partial charge is 0.152 e. The van der Waals surface area contributed by atoms with Crippen molar-refractivity contribution in [3.05, 3.63) is 24.7 Å². The summed E-state index contributed by atoms with van der Waals surface area (Å²) in [4.78, 5) is 4.28. The SMILES string of the molecule is CCOC(C)CNc1nccn2nccc12. The summed E-state index contributed by atoms with van der Waals surface area (Å²) in [7, 11) is 0. The van der Waals surface area contributed by atoms with Crippen molar-refractivity contribution in [2.24, 2.45) is 0 Å². The monoisotopic (exact) mass is 220 g/mol. The van der Waals surface area contributed by atoms with Crippen molar-refractivity contribution >= 4 is 11.3 Å². The van der Waals surface area contributed by atoms with E-state index >= 15 is 0 Å². The van der Waals surface area contributed by atoms with Crippen LogP contribution in [0.1, 0.15) is 13.8 Å². The standard InChI is InChI=1S/C11H16N4O/c1-3-16-9(2)8-13-11-10-4-5-14-15(10)7-6-12-11/h4-7,9H,3,8H2,1-2H3,(H,12,13). The van der Waals surface area contributed by atoms with Gasteiger partial charge < -0.3 is 10.1 Å². The van der Waals surface area contributed by atoms with E-state index in [0.717, 1.165) is 24.5 Å². The topological polar surface area (TPSA) is 51.5 Å². The molecule has 0 aromatic carbocycles. The molecule has 0 spiro atoms. The molecule has 2 aromatic heterocycles. The minimum absolute atomic E-state index is 0.176. The molecule has 0 saturated carbocycles. The molecule has 16 heavy (non-hydrogen) atoms. The van der Waals surface area contributed by atoms with Crippen LogP contribution in [0.4, 0.5) is 5.82 Å². The Labute approximate surface area is 94.4 Å². The molecule has 0 fully saturated rings. The summed E-state index contributed by atoms with van der Waals surface area (Å²) in [6, 6.07) is 1.93. The zero-order valence-electron chi connectivity index (χ0n) is 9.55. The average molecular weight is 220 g/mol. The lowest BCUT2D eigenvalue weighted by Crippen LogP contribution is -2.20. The molecule has 1 N–H and O–H groups in total. The molecule has 0 bridgehead atoms. The van der Waals surface area contributed by atoms with Crippen LogP contribution in [0, 0.1) is 0 Å². The molecule has 0 radical (unpaired) electrons. The summed E-state index contributed by atoms with van der Waals surface area (Å²) in [5.74, 6) is 0.839. The number of hydrogen-bond acceptors (Lipinski definition) is 4. The lowest BCUT2D eigenvalue weighted by Gasteiger charge is -2.13. The maximum Gasteiger partial charge on any atom is 0.152 e. The van der Waals surface area contributed by atoms with E-state index < -0.39 is 0 Å². The third-order valence-electron chi connectivity index (χ3n) is 2.33. The van der Waals surface area contributed by atoms with Gasteiger partial charge in [0.1, 0.15) is 5.52 Å². The van der Waals surface area contributed by atoms with Gasteiger partial charge in [-0.3, -0.25) is 0 Å². The Morgan fingerprint density at radius 2 is 2.38 bits per heavy atom. The lowest BCUT2D eigenvalue weighted by molar-refractivity contribution is 0.0855. The first kappa shape index (κ1) is 10.9. The minimum Gasteiger partial charge on any atom is -0.377 e. The molecule has 86 valence electrons. The van der Waals surface area contributed by atoms with Gasteiger partial charge >= 0.3 is 0 Å². The number of fused-ring (bicyclic) bond motifs is 1. The quantitative estimate of drug-likeness (QED) is 0.831. The highest BCUT2D eigenvalue weighted by Gasteiger charge is 2.05. The summed E-state index contributed by atoms with van der Waals surface area (Å²) < 4.78 is 7.24. The molecular weight excluding hydrogens is 204 g/mol. The second kappa shape index (κ2) is 4.94. The predicted molar refractivity (Wildman–Crippen MR) is 62.6 cm³/mol. The van der Waals surface area contributed by atoms with E-state index in [1.54, 1.807) is 16.9 Å². The Morgan fingerprint density at radius 1 is 1.50 bits per heavy atom. The molecule has 0 saturated heterocycles. The highest BCUT2D eigenvalue weighted by molar-refractivity contribution is 5.66. The zero-order chi connectivity index (χ0) is 11.4. The lowest BCUT2D eigenvalue weighted by atomic mass is 10.4. The Balaban J connectivity index is 2.06. The van der Waals surface area contributed by atoms with Crippen LogP contribution in [-0.4, -0.2) is 33.9 Å². The van der Waals surface area contributed by atoms with Crippen LogP contribution >= 0.6 is 0 Å². The Kier molecular flexibility index (Phi) is 3.36. The fourth-order valence-corrected chi connectivity index (χ4v) is 1.58. The number of anilines is 1. The van der Waals surface area contributed by atoms with Crippen LogP contribution < -0.4 is 5.32 Å². The summed E-state index contributed by atoms with van der Waals surface area (Å²) in [6.07, 6.45) is 5.49. The molecule has 5 heteroatoms. The van der Waals surface area contributed by atoms with Gasteiger partial charge in [0.2, 0.25) is 0 Å². The molecule has 0 amide bonds. The van der Waals surface area contributed by atoms with Gasteiger partial charge in [0.25, 0.3) is 0 Å². The Hall–Kier alpha value is -1.62. The average Bonchev–Trinajstić information content (AvgIpc) is 2.75. The second-order valence-corrected chi connectivity index (χ2v) is 3.58. The van der Waals surface area contributed by atoms with E-state index in [-0.39, 0.29) is 6.10 Å². The molecule has 0 aliphatic heterocycles. The molecule has 1 unspecified atom stereocenters. The zero-order valence-corrected chi connectivity index (χ0v) is 9.55. The van der Waals surface area contributed by atoms with E-state index in [1.807, 2.05) is 26.1 Å². The van der Waals surface area contributed by atoms with Crippen molar-refractivity contribution in [3.8, 4) is 0 Å². The summed E-state index contributed by atoms with van der Waals surface area (Å²) >= 11 is 0. The van der Waals surface area contributed by atoms with Crippen molar-refractivity contribution in [3.63, 3.8) is 0 Å². The fourth-order valence-electron chi connectivity index (χ4n) is 1.58. The number of nitrogens with one attached hydrogen (secondary N) is 1. The van der Waals surface area contributed by atoms with E-state index in [9.17, 15) is 0 Å². The van der Waals surface area contributed by atoms with Crippen molar-refractivity contribution in [1.29, 1.82) is 0 Å². The van der Waals surface area contributed by atoms with Crippen LogP contribution in [0.2, 0.25) is 0 Å². The third kappa shape index (κ3) is 2.30. The van der Waals surface area contributed by atoms with Crippen LogP contribution in [-0.2, 0) is 4.74 Å². The molecule has 1 atom stereocenters. The molecule has 5 nitrogen and oxygen atoms in total. The minimum atomic E-state index is 0.176. The number of nitrogens with zero attached hydrogens (tertiary/aromatic N) is 3. The van der Waals surface area contributed by atoms with Crippen LogP contribution in [0.25, 0.3) is 5.52 Å². The first-order chi connectivity index (χ1) is 7.81. The predicted octanol–water partition coefficient (Wildman–Crippen LogP) is 1.57. The number of aromatic nitrogens is 3. The number of rotatable bonds is 5. The van der Waals surface area contributed by atoms with Gasteiger partial charge in [-0.25, -0.2) is 9.50 Å². The summed E-state index contributed by atoms with van der Waals surface area (Å²) in [5.41, 5.74) is 0.978.